The van der Waals surface area contributed by atoms with E-state index in [9.17, 15) is 14.0 Å². The molecule has 23 heavy (non-hydrogen) atoms. The molecule has 120 valence electrons. The molecule has 1 unspecified atom stereocenters. The van der Waals surface area contributed by atoms with Crippen LogP contribution in [0.4, 0.5) is 4.39 Å². The van der Waals surface area contributed by atoms with Crippen LogP contribution >= 0.6 is 0 Å². The first kappa shape index (κ1) is 15.2. The molecule has 1 aliphatic heterocycles. The zero-order chi connectivity index (χ0) is 16.6. The molecular weight excluding hydrogens is 301 g/mol. The molecule has 0 spiro atoms. The van der Waals surface area contributed by atoms with Crippen molar-refractivity contribution in [1.29, 1.82) is 0 Å². The van der Waals surface area contributed by atoms with E-state index in [1.165, 1.54) is 17.0 Å². The van der Waals surface area contributed by atoms with E-state index in [4.69, 9.17) is 5.11 Å². The number of amides is 1. The third kappa shape index (κ3) is 2.94. The average Bonchev–Trinajstić information content (AvgIpc) is 3.14. The number of hydrogen-bond acceptors (Lipinski definition) is 3. The van der Waals surface area contributed by atoms with Crippen LogP contribution in [0.15, 0.2) is 30.3 Å². The highest BCUT2D eigenvalue weighted by atomic mass is 19.1. The van der Waals surface area contributed by atoms with E-state index in [1.54, 1.807) is 29.8 Å². The molecule has 6 nitrogen and oxygen atoms in total. The first-order chi connectivity index (χ1) is 11.0. The zero-order valence-corrected chi connectivity index (χ0v) is 12.6. The lowest BCUT2D eigenvalue weighted by atomic mass is 10.1. The fraction of sp³-hybridized carbons (Fsp3) is 0.312. The summed E-state index contributed by atoms with van der Waals surface area (Å²) in [5.74, 6) is -2.02. The molecule has 1 aliphatic rings. The molecule has 1 atom stereocenters. The van der Waals surface area contributed by atoms with Crippen LogP contribution in [0, 0.1) is 18.7 Å². The topological polar surface area (TPSA) is 75.4 Å². The smallest absolute Gasteiger partial charge is 0.308 e. The van der Waals surface area contributed by atoms with E-state index >= 15 is 0 Å². The average molecular weight is 317 g/mol. The Hall–Kier alpha value is -2.70. The Labute approximate surface area is 132 Å². The van der Waals surface area contributed by atoms with Crippen molar-refractivity contribution >= 4 is 11.9 Å². The molecule has 1 fully saturated rings. The van der Waals surface area contributed by atoms with Crippen LogP contribution in [0.5, 0.6) is 0 Å². The fourth-order valence-corrected chi connectivity index (χ4v) is 2.73. The SMILES string of the molecule is Cc1cc(C(=O)N2CCC(C(=O)O)C2)nn1-c1ccc(F)cc1. The fourth-order valence-electron chi connectivity index (χ4n) is 2.73. The predicted molar refractivity (Wildman–Crippen MR) is 79.9 cm³/mol. The Morgan fingerprint density at radius 1 is 1.30 bits per heavy atom. The molecule has 1 N–H and O–H groups in total. The number of carboxylic acids is 1. The van der Waals surface area contributed by atoms with E-state index in [2.05, 4.69) is 5.10 Å². The summed E-state index contributed by atoms with van der Waals surface area (Å²) in [6, 6.07) is 7.48. The number of hydrogen-bond donors (Lipinski definition) is 1. The quantitative estimate of drug-likeness (QED) is 0.937. The first-order valence-electron chi connectivity index (χ1n) is 7.30. The highest BCUT2D eigenvalue weighted by molar-refractivity contribution is 5.93. The predicted octanol–water partition coefficient (Wildman–Crippen LogP) is 1.87. The van der Waals surface area contributed by atoms with Crippen LogP contribution < -0.4 is 0 Å². The number of nitrogens with zero attached hydrogens (tertiary/aromatic N) is 3. The second-order valence-electron chi connectivity index (χ2n) is 5.63. The van der Waals surface area contributed by atoms with Crippen molar-refractivity contribution < 1.29 is 19.1 Å². The summed E-state index contributed by atoms with van der Waals surface area (Å²) in [7, 11) is 0. The molecule has 2 heterocycles. The molecule has 7 heteroatoms. The van der Waals surface area contributed by atoms with Crippen LogP contribution in [-0.2, 0) is 4.79 Å². The van der Waals surface area contributed by atoms with Crippen molar-refractivity contribution in [3.05, 3.63) is 47.5 Å². The van der Waals surface area contributed by atoms with Gasteiger partial charge in [0.25, 0.3) is 5.91 Å². The van der Waals surface area contributed by atoms with Crippen molar-refractivity contribution in [1.82, 2.24) is 14.7 Å². The van der Waals surface area contributed by atoms with Crippen molar-refractivity contribution in [2.75, 3.05) is 13.1 Å². The van der Waals surface area contributed by atoms with Crippen LogP contribution in [0.3, 0.4) is 0 Å². The van der Waals surface area contributed by atoms with Gasteiger partial charge in [0.15, 0.2) is 5.69 Å². The van der Waals surface area contributed by atoms with Crippen molar-refractivity contribution in [3.63, 3.8) is 0 Å². The molecule has 2 aromatic rings. The standard InChI is InChI=1S/C16H16FN3O3/c1-10-8-14(15(21)19-7-6-11(9-19)16(22)23)18-20(10)13-4-2-12(17)3-5-13/h2-5,8,11H,6-7,9H2,1H3,(H,22,23). The Morgan fingerprint density at radius 3 is 2.61 bits per heavy atom. The lowest BCUT2D eigenvalue weighted by Crippen LogP contribution is -2.30. The van der Waals surface area contributed by atoms with Gasteiger partial charge in [-0.1, -0.05) is 0 Å². The maximum absolute atomic E-state index is 13.0. The van der Waals surface area contributed by atoms with Crippen molar-refractivity contribution in [3.8, 4) is 5.69 Å². The van der Waals surface area contributed by atoms with E-state index in [0.29, 0.717) is 18.7 Å². The van der Waals surface area contributed by atoms with Crippen LogP contribution in [0.2, 0.25) is 0 Å². The van der Waals surface area contributed by atoms with Gasteiger partial charge < -0.3 is 10.0 Å². The largest absolute Gasteiger partial charge is 0.481 e. The molecule has 1 aromatic heterocycles. The van der Waals surface area contributed by atoms with Crippen LogP contribution in [0.25, 0.3) is 5.69 Å². The maximum atomic E-state index is 13.0. The van der Waals surface area contributed by atoms with Crippen LogP contribution in [-0.4, -0.2) is 44.8 Å². The van der Waals surface area contributed by atoms with Gasteiger partial charge in [0.2, 0.25) is 0 Å². The molecule has 0 bridgehead atoms. The van der Waals surface area contributed by atoms with Gasteiger partial charge in [-0.3, -0.25) is 9.59 Å². The molecule has 0 aliphatic carbocycles. The minimum Gasteiger partial charge on any atom is -0.481 e. The summed E-state index contributed by atoms with van der Waals surface area (Å²) in [5, 5.41) is 13.3. The first-order valence-corrected chi connectivity index (χ1v) is 7.30. The Bertz CT molecular complexity index is 754. The minimum absolute atomic E-state index is 0.205. The molecule has 1 amide bonds. The number of carbonyl (C=O) groups excluding carboxylic acids is 1. The van der Waals surface area contributed by atoms with E-state index in [-0.39, 0.29) is 24.0 Å². The Morgan fingerprint density at radius 2 is 2.00 bits per heavy atom. The number of benzene rings is 1. The number of likely N-dealkylation sites (tertiary alicyclic amines) is 1. The van der Waals surface area contributed by atoms with E-state index in [1.807, 2.05) is 0 Å². The van der Waals surface area contributed by atoms with Crippen molar-refractivity contribution in [2.45, 2.75) is 13.3 Å². The highest BCUT2D eigenvalue weighted by Gasteiger charge is 2.32. The summed E-state index contributed by atoms with van der Waals surface area (Å²) in [6.45, 7) is 2.42. The number of carbonyl (C=O) groups is 2. The second-order valence-corrected chi connectivity index (χ2v) is 5.63. The second kappa shape index (κ2) is 5.83. The summed E-state index contributed by atoms with van der Waals surface area (Å²) in [6.07, 6.45) is 0.457. The van der Waals surface area contributed by atoms with E-state index in [0.717, 1.165) is 5.69 Å². The summed E-state index contributed by atoms with van der Waals surface area (Å²) < 4.78 is 14.6. The van der Waals surface area contributed by atoms with Crippen molar-refractivity contribution in [2.24, 2.45) is 5.92 Å². The number of rotatable bonds is 3. The van der Waals surface area contributed by atoms with Gasteiger partial charge in [0.05, 0.1) is 11.6 Å². The molecule has 0 saturated carbocycles. The minimum atomic E-state index is -0.881. The molecule has 1 aromatic carbocycles. The highest BCUT2D eigenvalue weighted by Crippen LogP contribution is 2.20. The third-order valence-electron chi connectivity index (χ3n) is 4.00. The molecular formula is C16H16FN3O3. The van der Waals surface area contributed by atoms with Gasteiger partial charge in [-0.05, 0) is 43.7 Å². The Balaban J connectivity index is 1.82. The number of carboxylic acid groups (broad SMARTS) is 1. The normalized spacial score (nSPS) is 17.5. The molecule has 1 saturated heterocycles. The molecule has 0 radical (unpaired) electrons. The third-order valence-corrected chi connectivity index (χ3v) is 4.00. The monoisotopic (exact) mass is 317 g/mol. The number of halogens is 1. The summed E-state index contributed by atoms with van der Waals surface area (Å²) >= 11 is 0. The van der Waals surface area contributed by atoms with Gasteiger partial charge in [0, 0.05) is 18.8 Å². The summed E-state index contributed by atoms with van der Waals surface area (Å²) in [5.41, 5.74) is 1.67. The van der Waals surface area contributed by atoms with Gasteiger partial charge in [-0.2, -0.15) is 5.10 Å². The van der Waals surface area contributed by atoms with Crippen LogP contribution in [0.1, 0.15) is 22.6 Å². The van der Waals surface area contributed by atoms with Gasteiger partial charge in [-0.15, -0.1) is 0 Å². The zero-order valence-electron chi connectivity index (χ0n) is 12.6. The number of aliphatic carboxylic acids is 1. The Kier molecular flexibility index (Phi) is 3.85. The maximum Gasteiger partial charge on any atom is 0.308 e. The number of aryl methyl sites for hydroxylation is 1. The number of aromatic nitrogens is 2. The summed E-state index contributed by atoms with van der Waals surface area (Å²) in [4.78, 5) is 25.0. The lowest BCUT2D eigenvalue weighted by molar-refractivity contribution is -0.141. The molecule has 3 rings (SSSR count). The van der Waals surface area contributed by atoms with Gasteiger partial charge in [0.1, 0.15) is 5.82 Å². The van der Waals surface area contributed by atoms with Gasteiger partial charge in [-0.25, -0.2) is 9.07 Å². The lowest BCUT2D eigenvalue weighted by Gasteiger charge is -2.13. The van der Waals surface area contributed by atoms with E-state index < -0.39 is 11.9 Å². The van der Waals surface area contributed by atoms with Gasteiger partial charge >= 0.3 is 5.97 Å².